The molecule has 2 aromatic rings. The van der Waals surface area contributed by atoms with E-state index in [-0.39, 0.29) is 5.91 Å². The Hall–Kier alpha value is -1.77. The second kappa shape index (κ2) is 3.91. The average molecular weight is 229 g/mol. The fourth-order valence-electron chi connectivity index (χ4n) is 2.47. The van der Waals surface area contributed by atoms with Crippen LogP contribution in [0.15, 0.2) is 34.9 Å². The van der Waals surface area contributed by atoms with E-state index in [1.807, 2.05) is 18.2 Å². The highest BCUT2D eigenvalue weighted by Crippen LogP contribution is 2.49. The molecule has 1 amide bonds. The number of fused-ring (bicyclic) bond motifs is 1. The van der Waals surface area contributed by atoms with Gasteiger partial charge in [0.15, 0.2) is 0 Å². The zero-order chi connectivity index (χ0) is 11.8. The normalized spacial score (nSPS) is 22.6. The Morgan fingerprint density at radius 2 is 2.35 bits per heavy atom. The van der Waals surface area contributed by atoms with Crippen molar-refractivity contribution in [3.05, 3.63) is 36.1 Å². The molecule has 1 aliphatic carbocycles. The number of rotatable bonds is 3. The van der Waals surface area contributed by atoms with Crippen molar-refractivity contribution < 1.29 is 9.21 Å². The van der Waals surface area contributed by atoms with Crippen molar-refractivity contribution in [3.8, 4) is 0 Å². The first kappa shape index (κ1) is 10.4. The molecule has 88 valence electrons. The number of furan rings is 1. The molecular weight excluding hydrogens is 214 g/mol. The van der Waals surface area contributed by atoms with Gasteiger partial charge in [-0.1, -0.05) is 12.1 Å². The SMILES string of the molecule is CC(=O)NC[C@@H]1C[C@H]1c1cccc2occc12. The van der Waals surface area contributed by atoms with E-state index >= 15 is 0 Å². The molecule has 1 N–H and O–H groups in total. The third-order valence-corrected chi connectivity index (χ3v) is 3.46. The number of carbonyl (C=O) groups is 1. The lowest BCUT2D eigenvalue weighted by Gasteiger charge is -2.03. The van der Waals surface area contributed by atoms with Crippen molar-refractivity contribution in [2.45, 2.75) is 19.3 Å². The second-order valence-corrected chi connectivity index (χ2v) is 4.72. The van der Waals surface area contributed by atoms with Gasteiger partial charge < -0.3 is 9.73 Å². The minimum atomic E-state index is 0.0529. The van der Waals surface area contributed by atoms with Crippen LogP contribution in [0.25, 0.3) is 11.0 Å². The minimum Gasteiger partial charge on any atom is -0.464 e. The molecule has 3 nitrogen and oxygen atoms in total. The van der Waals surface area contributed by atoms with Gasteiger partial charge in [0.1, 0.15) is 5.58 Å². The van der Waals surface area contributed by atoms with Crippen LogP contribution in [-0.4, -0.2) is 12.5 Å². The average Bonchev–Trinajstić information content (AvgIpc) is 2.92. The molecule has 2 atom stereocenters. The molecule has 17 heavy (non-hydrogen) atoms. The van der Waals surface area contributed by atoms with E-state index in [9.17, 15) is 4.79 Å². The highest BCUT2D eigenvalue weighted by atomic mass is 16.3. The van der Waals surface area contributed by atoms with Crippen molar-refractivity contribution in [3.63, 3.8) is 0 Å². The molecule has 1 aromatic carbocycles. The van der Waals surface area contributed by atoms with E-state index in [0.717, 1.165) is 18.5 Å². The molecule has 1 fully saturated rings. The Labute approximate surface area is 99.8 Å². The topological polar surface area (TPSA) is 42.2 Å². The lowest BCUT2D eigenvalue weighted by atomic mass is 10.0. The van der Waals surface area contributed by atoms with Crippen molar-refractivity contribution >= 4 is 16.9 Å². The Morgan fingerprint density at radius 1 is 1.47 bits per heavy atom. The first-order valence-corrected chi connectivity index (χ1v) is 5.96. The molecule has 0 aliphatic heterocycles. The van der Waals surface area contributed by atoms with E-state index < -0.39 is 0 Å². The van der Waals surface area contributed by atoms with Crippen LogP contribution in [0.2, 0.25) is 0 Å². The highest BCUT2D eigenvalue weighted by Gasteiger charge is 2.39. The third kappa shape index (κ3) is 1.93. The van der Waals surface area contributed by atoms with E-state index in [2.05, 4.69) is 11.4 Å². The first-order valence-electron chi connectivity index (χ1n) is 5.96. The summed E-state index contributed by atoms with van der Waals surface area (Å²) in [5.74, 6) is 1.21. The summed E-state index contributed by atoms with van der Waals surface area (Å²) in [6.45, 7) is 2.35. The molecule has 0 unspecified atom stereocenters. The van der Waals surface area contributed by atoms with Crippen LogP contribution < -0.4 is 5.32 Å². The Kier molecular flexibility index (Phi) is 2.39. The van der Waals surface area contributed by atoms with Crippen molar-refractivity contribution in [2.24, 2.45) is 5.92 Å². The zero-order valence-electron chi connectivity index (χ0n) is 9.77. The molecular formula is C14H15NO2. The predicted octanol–water partition coefficient (Wildman–Crippen LogP) is 2.67. The van der Waals surface area contributed by atoms with Crippen molar-refractivity contribution in [2.75, 3.05) is 6.54 Å². The molecule has 3 heteroatoms. The fraction of sp³-hybridized carbons (Fsp3) is 0.357. The van der Waals surface area contributed by atoms with Gasteiger partial charge >= 0.3 is 0 Å². The summed E-state index contributed by atoms with van der Waals surface area (Å²) in [6.07, 6.45) is 2.89. The Bertz CT molecular complexity index is 558. The summed E-state index contributed by atoms with van der Waals surface area (Å²) in [6, 6.07) is 8.22. The van der Waals surface area contributed by atoms with Gasteiger partial charge in [-0.2, -0.15) is 0 Å². The Balaban J connectivity index is 1.78. The predicted molar refractivity (Wildman–Crippen MR) is 65.7 cm³/mol. The van der Waals surface area contributed by atoms with Gasteiger partial charge in [0.2, 0.25) is 5.91 Å². The van der Waals surface area contributed by atoms with E-state index in [1.54, 1.807) is 13.2 Å². The summed E-state index contributed by atoms with van der Waals surface area (Å²) in [7, 11) is 0. The van der Waals surface area contributed by atoms with E-state index in [0.29, 0.717) is 11.8 Å². The molecule has 1 heterocycles. The summed E-state index contributed by atoms with van der Waals surface area (Å²) in [5, 5.41) is 4.10. The second-order valence-electron chi connectivity index (χ2n) is 4.72. The van der Waals surface area contributed by atoms with Crippen molar-refractivity contribution in [1.82, 2.24) is 5.32 Å². The smallest absolute Gasteiger partial charge is 0.216 e. The number of amides is 1. The van der Waals surface area contributed by atoms with Gasteiger partial charge in [0.25, 0.3) is 0 Å². The van der Waals surface area contributed by atoms with Crippen LogP contribution in [0.3, 0.4) is 0 Å². The first-order chi connectivity index (χ1) is 8.25. The quantitative estimate of drug-likeness (QED) is 0.879. The van der Waals surface area contributed by atoms with Gasteiger partial charge in [-0.15, -0.1) is 0 Å². The maximum Gasteiger partial charge on any atom is 0.216 e. The molecule has 0 spiro atoms. The van der Waals surface area contributed by atoms with Crippen LogP contribution in [0.1, 0.15) is 24.8 Å². The summed E-state index contributed by atoms with van der Waals surface area (Å²) < 4.78 is 5.40. The highest BCUT2D eigenvalue weighted by molar-refractivity contribution is 5.82. The van der Waals surface area contributed by atoms with E-state index in [1.165, 1.54) is 10.9 Å². The van der Waals surface area contributed by atoms with Crippen LogP contribution in [0, 0.1) is 5.92 Å². The van der Waals surface area contributed by atoms with Crippen LogP contribution in [0.4, 0.5) is 0 Å². The number of benzene rings is 1. The maximum atomic E-state index is 10.9. The molecule has 1 saturated carbocycles. The van der Waals surface area contributed by atoms with Gasteiger partial charge in [-0.3, -0.25) is 4.79 Å². The molecule has 0 radical (unpaired) electrons. The summed E-state index contributed by atoms with van der Waals surface area (Å²) in [5.41, 5.74) is 2.30. The molecule has 0 bridgehead atoms. The standard InChI is InChI=1S/C14H15NO2/c1-9(16)15-8-10-7-13(10)11-3-2-4-14-12(11)5-6-17-14/h2-6,10,13H,7-8H2,1H3,(H,15,16)/t10-,13+/m0/s1. The number of hydrogen-bond acceptors (Lipinski definition) is 2. The number of nitrogens with one attached hydrogen (secondary N) is 1. The Morgan fingerprint density at radius 3 is 3.18 bits per heavy atom. The third-order valence-electron chi connectivity index (χ3n) is 3.46. The molecule has 0 saturated heterocycles. The lowest BCUT2D eigenvalue weighted by Crippen LogP contribution is -2.22. The number of hydrogen-bond donors (Lipinski definition) is 1. The zero-order valence-corrected chi connectivity index (χ0v) is 9.77. The minimum absolute atomic E-state index is 0.0529. The number of carbonyl (C=O) groups excluding carboxylic acids is 1. The van der Waals surface area contributed by atoms with Crippen LogP contribution >= 0.6 is 0 Å². The maximum absolute atomic E-state index is 10.9. The summed E-state index contributed by atoms with van der Waals surface area (Å²) >= 11 is 0. The van der Waals surface area contributed by atoms with Gasteiger partial charge in [-0.05, 0) is 36.0 Å². The van der Waals surface area contributed by atoms with Gasteiger partial charge in [0.05, 0.1) is 6.26 Å². The lowest BCUT2D eigenvalue weighted by molar-refractivity contribution is -0.119. The molecule has 1 aromatic heterocycles. The van der Waals surface area contributed by atoms with Crippen LogP contribution in [-0.2, 0) is 4.79 Å². The largest absolute Gasteiger partial charge is 0.464 e. The molecule has 1 aliphatic rings. The van der Waals surface area contributed by atoms with E-state index in [4.69, 9.17) is 4.42 Å². The van der Waals surface area contributed by atoms with Gasteiger partial charge in [0, 0.05) is 18.9 Å². The molecule has 3 rings (SSSR count). The van der Waals surface area contributed by atoms with Crippen molar-refractivity contribution in [1.29, 1.82) is 0 Å². The van der Waals surface area contributed by atoms with Crippen LogP contribution in [0.5, 0.6) is 0 Å². The van der Waals surface area contributed by atoms with Gasteiger partial charge in [-0.25, -0.2) is 0 Å². The summed E-state index contributed by atoms with van der Waals surface area (Å²) in [4.78, 5) is 10.9. The monoisotopic (exact) mass is 229 g/mol. The fourth-order valence-corrected chi connectivity index (χ4v) is 2.47.